The number of fused-ring (bicyclic) bond motifs is 3. The summed E-state index contributed by atoms with van der Waals surface area (Å²) < 4.78 is 0. The van der Waals surface area contributed by atoms with Crippen LogP contribution in [0.15, 0.2) is 207 Å². The van der Waals surface area contributed by atoms with E-state index in [-0.39, 0.29) is 0 Å². The molecule has 0 atom stereocenters. The van der Waals surface area contributed by atoms with Gasteiger partial charge in [-0.1, -0.05) is 158 Å². The van der Waals surface area contributed by atoms with Gasteiger partial charge in [-0.05, 0) is 75.3 Å². The van der Waals surface area contributed by atoms with Crippen LogP contribution in [0, 0.1) is 0 Å². The molecule has 0 spiro atoms. The maximum Gasteiger partial charge on any atom is 0.0900 e. The molecule has 0 amide bonds. The van der Waals surface area contributed by atoms with Crippen molar-refractivity contribution in [2.45, 2.75) is 0 Å². The van der Waals surface area contributed by atoms with Gasteiger partial charge in [-0.2, -0.15) is 0 Å². The summed E-state index contributed by atoms with van der Waals surface area (Å²) in [6.07, 6.45) is 3.60. The van der Waals surface area contributed by atoms with Crippen molar-refractivity contribution >= 4 is 21.7 Å². The predicted molar refractivity (Wildman–Crippen MR) is 231 cm³/mol. The Kier molecular flexibility index (Phi) is 8.47. The SMILES string of the molecule is c1ccc(-c2ccccc2-c2nc3c(-c4ccc(-c5cc(-c6ccccn6)nc(-c6ccccn6)c5)cc4)cccc3c3c(-c4ccccc4)cccc23)cc1. The minimum atomic E-state index is 0.801. The molecule has 0 fully saturated rings. The number of rotatable bonds is 7. The molecular weight excluding hydrogens is 681 g/mol. The van der Waals surface area contributed by atoms with Crippen LogP contribution in [0.2, 0.25) is 0 Å². The molecule has 0 saturated carbocycles. The summed E-state index contributed by atoms with van der Waals surface area (Å²) in [5.74, 6) is 0. The second-order valence-corrected chi connectivity index (χ2v) is 13.8. The van der Waals surface area contributed by atoms with Crippen LogP contribution in [0.5, 0.6) is 0 Å². The Labute approximate surface area is 325 Å². The highest BCUT2D eigenvalue weighted by Gasteiger charge is 2.19. The molecule has 0 aliphatic rings. The van der Waals surface area contributed by atoms with E-state index in [1.165, 1.54) is 16.5 Å². The number of nitrogens with zero attached hydrogens (tertiary/aromatic N) is 4. The van der Waals surface area contributed by atoms with Gasteiger partial charge in [0, 0.05) is 39.7 Å². The summed E-state index contributed by atoms with van der Waals surface area (Å²) >= 11 is 0. The highest BCUT2D eigenvalue weighted by Crippen LogP contribution is 2.43. The van der Waals surface area contributed by atoms with Gasteiger partial charge < -0.3 is 0 Å². The van der Waals surface area contributed by atoms with E-state index in [0.29, 0.717) is 0 Å². The number of aromatic nitrogens is 4. The second-order valence-electron chi connectivity index (χ2n) is 13.8. The maximum atomic E-state index is 5.62. The summed E-state index contributed by atoms with van der Waals surface area (Å²) in [5.41, 5.74) is 15.2. The molecule has 0 unspecified atom stereocenters. The molecular formula is C52H34N4. The largest absolute Gasteiger partial charge is 0.255 e. The standard InChI is InChI=1S/C52H34N4/c1-3-15-36(16-4-1)40-19-7-8-20-43(40)52-45-23-13-21-41(37-17-5-2-6-18-37)50(45)44-24-14-22-42(51(44)56-52)38-29-27-35(28-30-38)39-33-48(46-25-9-11-31-53-46)55-49(34-39)47-26-10-12-32-54-47/h1-34H. The normalized spacial score (nSPS) is 11.2. The van der Waals surface area contributed by atoms with Gasteiger partial charge in [0.05, 0.1) is 34.0 Å². The maximum absolute atomic E-state index is 5.62. The van der Waals surface area contributed by atoms with Crippen molar-refractivity contribution in [2.75, 3.05) is 0 Å². The van der Waals surface area contributed by atoms with Crippen LogP contribution in [0.1, 0.15) is 0 Å². The van der Waals surface area contributed by atoms with Crippen molar-refractivity contribution in [3.63, 3.8) is 0 Å². The third-order valence-electron chi connectivity index (χ3n) is 10.4. The second kappa shape index (κ2) is 14.3. The van der Waals surface area contributed by atoms with Crippen molar-refractivity contribution in [2.24, 2.45) is 0 Å². The zero-order chi connectivity index (χ0) is 37.3. The highest BCUT2D eigenvalue weighted by molar-refractivity contribution is 6.19. The predicted octanol–water partition coefficient (Wildman–Crippen LogP) is 13.2. The zero-order valence-electron chi connectivity index (χ0n) is 30.4. The third-order valence-corrected chi connectivity index (χ3v) is 10.4. The lowest BCUT2D eigenvalue weighted by Crippen LogP contribution is -1.96. The summed E-state index contributed by atoms with van der Waals surface area (Å²) in [5, 5.41) is 3.44. The molecule has 0 saturated heterocycles. The molecule has 10 aromatic rings. The first kappa shape index (κ1) is 33.0. The van der Waals surface area contributed by atoms with Gasteiger partial charge in [-0.15, -0.1) is 0 Å². The molecule has 4 aromatic heterocycles. The lowest BCUT2D eigenvalue weighted by Gasteiger charge is -2.18. The summed E-state index contributed by atoms with van der Waals surface area (Å²) in [6.45, 7) is 0. The third kappa shape index (κ3) is 6.09. The molecule has 10 rings (SSSR count). The highest BCUT2D eigenvalue weighted by atomic mass is 14.8. The van der Waals surface area contributed by atoms with E-state index in [0.717, 1.165) is 83.7 Å². The van der Waals surface area contributed by atoms with Crippen molar-refractivity contribution in [3.8, 4) is 78.5 Å². The Morgan fingerprint density at radius 2 is 0.786 bits per heavy atom. The molecule has 0 radical (unpaired) electrons. The van der Waals surface area contributed by atoms with E-state index in [1.54, 1.807) is 12.4 Å². The van der Waals surface area contributed by atoms with Crippen LogP contribution < -0.4 is 0 Å². The molecule has 56 heavy (non-hydrogen) atoms. The van der Waals surface area contributed by atoms with E-state index in [4.69, 9.17) is 9.97 Å². The number of hydrogen-bond acceptors (Lipinski definition) is 4. The Morgan fingerprint density at radius 1 is 0.286 bits per heavy atom. The van der Waals surface area contributed by atoms with Crippen molar-refractivity contribution in [3.05, 3.63) is 207 Å². The molecule has 0 aliphatic heterocycles. The Bertz CT molecular complexity index is 2930. The van der Waals surface area contributed by atoms with Crippen LogP contribution in [-0.2, 0) is 0 Å². The molecule has 0 bridgehead atoms. The lowest BCUT2D eigenvalue weighted by atomic mass is 9.89. The van der Waals surface area contributed by atoms with Crippen molar-refractivity contribution < 1.29 is 0 Å². The number of benzene rings is 6. The Morgan fingerprint density at radius 3 is 1.41 bits per heavy atom. The van der Waals surface area contributed by atoms with E-state index in [9.17, 15) is 0 Å². The van der Waals surface area contributed by atoms with Crippen LogP contribution in [0.3, 0.4) is 0 Å². The van der Waals surface area contributed by atoms with E-state index in [1.807, 2.05) is 36.4 Å². The molecule has 4 heteroatoms. The molecule has 4 heterocycles. The van der Waals surface area contributed by atoms with Gasteiger partial charge in [-0.3, -0.25) is 9.97 Å². The Hall–Kier alpha value is -7.56. The van der Waals surface area contributed by atoms with Gasteiger partial charge in [0.25, 0.3) is 0 Å². The summed E-state index contributed by atoms with van der Waals surface area (Å²) in [6, 6.07) is 67.9. The number of para-hydroxylation sites is 1. The van der Waals surface area contributed by atoms with Crippen LogP contribution in [0.4, 0.5) is 0 Å². The van der Waals surface area contributed by atoms with Crippen LogP contribution in [0.25, 0.3) is 100 Å². The zero-order valence-corrected chi connectivity index (χ0v) is 30.4. The fourth-order valence-corrected chi connectivity index (χ4v) is 7.76. The molecule has 0 N–H and O–H groups in total. The molecule has 0 aliphatic carbocycles. The molecule has 262 valence electrons. The first-order valence-electron chi connectivity index (χ1n) is 18.8. The van der Waals surface area contributed by atoms with Crippen LogP contribution in [-0.4, -0.2) is 19.9 Å². The van der Waals surface area contributed by atoms with Crippen molar-refractivity contribution in [1.29, 1.82) is 0 Å². The van der Waals surface area contributed by atoms with Gasteiger partial charge in [-0.25, -0.2) is 9.97 Å². The van der Waals surface area contributed by atoms with E-state index >= 15 is 0 Å². The van der Waals surface area contributed by atoms with E-state index < -0.39 is 0 Å². The summed E-state index contributed by atoms with van der Waals surface area (Å²) in [7, 11) is 0. The fraction of sp³-hybridized carbons (Fsp3) is 0. The smallest absolute Gasteiger partial charge is 0.0900 e. The van der Waals surface area contributed by atoms with Gasteiger partial charge in [0.1, 0.15) is 0 Å². The van der Waals surface area contributed by atoms with Crippen molar-refractivity contribution in [1.82, 2.24) is 19.9 Å². The van der Waals surface area contributed by atoms with Gasteiger partial charge in [0.15, 0.2) is 0 Å². The van der Waals surface area contributed by atoms with Gasteiger partial charge in [0.2, 0.25) is 0 Å². The average molecular weight is 715 g/mol. The average Bonchev–Trinajstić information content (AvgIpc) is 3.29. The summed E-state index contributed by atoms with van der Waals surface area (Å²) in [4.78, 5) is 19.8. The number of hydrogen-bond donors (Lipinski definition) is 0. The minimum absolute atomic E-state index is 0.801. The first-order valence-corrected chi connectivity index (χ1v) is 18.8. The molecule has 4 nitrogen and oxygen atoms in total. The van der Waals surface area contributed by atoms with E-state index in [2.05, 4.69) is 168 Å². The number of pyridine rings is 4. The lowest BCUT2D eigenvalue weighted by molar-refractivity contribution is 1.22. The van der Waals surface area contributed by atoms with Gasteiger partial charge >= 0.3 is 0 Å². The minimum Gasteiger partial charge on any atom is -0.255 e. The Balaban J connectivity index is 1.17. The quantitative estimate of drug-likeness (QED) is 0.154. The first-order chi connectivity index (χ1) is 27.8. The fourth-order valence-electron chi connectivity index (χ4n) is 7.76. The topological polar surface area (TPSA) is 51.6 Å². The monoisotopic (exact) mass is 714 g/mol. The van der Waals surface area contributed by atoms with Crippen LogP contribution >= 0.6 is 0 Å². The molecule has 6 aromatic carbocycles.